The molecule has 0 bridgehead atoms. The van der Waals surface area contributed by atoms with E-state index in [2.05, 4.69) is 0 Å². The van der Waals surface area contributed by atoms with E-state index < -0.39 is 6.10 Å². The van der Waals surface area contributed by atoms with Gasteiger partial charge < -0.3 is 21.7 Å². The lowest BCUT2D eigenvalue weighted by Crippen LogP contribution is -2.28. The van der Waals surface area contributed by atoms with E-state index in [9.17, 15) is 0 Å². The van der Waals surface area contributed by atoms with E-state index in [1.807, 2.05) is 6.92 Å². The van der Waals surface area contributed by atoms with Crippen LogP contribution in [0.4, 0.5) is 0 Å². The third-order valence-electron chi connectivity index (χ3n) is 0.736. The van der Waals surface area contributed by atoms with Crippen LogP contribution in [0.5, 0.6) is 0 Å². The number of aliphatic hydroxyl groups is 2. The smallest absolute Gasteiger partial charge is 0.0742 e. The van der Waals surface area contributed by atoms with Crippen LogP contribution in [0.1, 0.15) is 20.3 Å². The van der Waals surface area contributed by atoms with Gasteiger partial charge in [0.25, 0.3) is 0 Å². The van der Waals surface area contributed by atoms with Gasteiger partial charge in [0.15, 0.2) is 0 Å². The van der Waals surface area contributed by atoms with Crippen molar-refractivity contribution in [1.82, 2.24) is 0 Å². The zero-order valence-electron chi connectivity index (χ0n) is 6.62. The summed E-state index contributed by atoms with van der Waals surface area (Å²) in [5.74, 6) is 0. The second-order valence-electron chi connectivity index (χ2n) is 2.10. The van der Waals surface area contributed by atoms with Gasteiger partial charge >= 0.3 is 0 Å². The molecule has 4 heteroatoms. The third-order valence-corrected chi connectivity index (χ3v) is 0.736. The van der Waals surface area contributed by atoms with Crippen molar-refractivity contribution in [3.8, 4) is 0 Å². The molecule has 10 heavy (non-hydrogen) atoms. The van der Waals surface area contributed by atoms with Crippen LogP contribution in [-0.2, 0) is 0 Å². The molecule has 6 N–H and O–H groups in total. The largest absolute Gasteiger partial charge is 0.394 e. The highest BCUT2D eigenvalue weighted by Crippen LogP contribution is 1.68. The van der Waals surface area contributed by atoms with Crippen LogP contribution in [0, 0.1) is 0 Å². The van der Waals surface area contributed by atoms with E-state index in [1.54, 1.807) is 0 Å². The van der Waals surface area contributed by atoms with Crippen molar-refractivity contribution < 1.29 is 10.2 Å². The number of aliphatic hydroxyl groups excluding tert-OH is 2. The van der Waals surface area contributed by atoms with Crippen molar-refractivity contribution in [1.29, 1.82) is 0 Å². The molecular formula is C6H18N2O2. The molecule has 1 unspecified atom stereocenters. The SMILES string of the molecule is CC(O)CO.CCC(N)N. The molecule has 0 radical (unpaired) electrons. The fourth-order valence-electron chi connectivity index (χ4n) is 0. The Labute approximate surface area is 61.8 Å². The molecule has 0 aromatic heterocycles. The highest BCUT2D eigenvalue weighted by Gasteiger charge is 1.83. The molecule has 0 saturated carbocycles. The lowest BCUT2D eigenvalue weighted by atomic mass is 10.4. The number of hydrogen-bond donors (Lipinski definition) is 4. The van der Waals surface area contributed by atoms with Crippen molar-refractivity contribution in [2.24, 2.45) is 11.5 Å². The van der Waals surface area contributed by atoms with Crippen molar-refractivity contribution in [2.75, 3.05) is 6.61 Å². The van der Waals surface area contributed by atoms with Crippen LogP contribution in [0.2, 0.25) is 0 Å². The maximum absolute atomic E-state index is 8.11. The van der Waals surface area contributed by atoms with Gasteiger partial charge in [-0.1, -0.05) is 6.92 Å². The summed E-state index contributed by atoms with van der Waals surface area (Å²) in [4.78, 5) is 0. The minimum absolute atomic E-state index is 0.116. The molecule has 0 aliphatic carbocycles. The standard InChI is InChI=1S/C3H10N2.C3H8O2/c1-2-3(4)5;1-3(5)2-4/h3H,2,4-5H2,1H3;3-5H,2H2,1H3. The minimum Gasteiger partial charge on any atom is -0.394 e. The van der Waals surface area contributed by atoms with E-state index in [-0.39, 0.29) is 12.8 Å². The van der Waals surface area contributed by atoms with Crippen LogP contribution in [0.15, 0.2) is 0 Å². The van der Waals surface area contributed by atoms with Crippen LogP contribution in [-0.4, -0.2) is 29.1 Å². The summed E-state index contributed by atoms with van der Waals surface area (Å²) in [6.45, 7) is 3.34. The van der Waals surface area contributed by atoms with E-state index in [0.717, 1.165) is 6.42 Å². The third kappa shape index (κ3) is 24.9. The molecule has 0 fully saturated rings. The molecule has 64 valence electrons. The van der Waals surface area contributed by atoms with Crippen molar-refractivity contribution in [3.05, 3.63) is 0 Å². The molecule has 0 amide bonds. The van der Waals surface area contributed by atoms with Gasteiger partial charge in [-0.2, -0.15) is 0 Å². The first-order valence-corrected chi connectivity index (χ1v) is 3.34. The van der Waals surface area contributed by atoms with E-state index in [1.165, 1.54) is 6.92 Å². The Hall–Kier alpha value is -0.160. The Kier molecular flexibility index (Phi) is 11.1. The second-order valence-corrected chi connectivity index (χ2v) is 2.10. The number of nitrogens with two attached hydrogens (primary N) is 2. The number of rotatable bonds is 2. The Morgan fingerprint density at radius 1 is 1.40 bits per heavy atom. The molecule has 1 atom stereocenters. The van der Waals surface area contributed by atoms with Crippen LogP contribution < -0.4 is 11.5 Å². The number of hydrogen-bond acceptors (Lipinski definition) is 4. The van der Waals surface area contributed by atoms with Gasteiger partial charge in [-0.3, -0.25) is 0 Å². The van der Waals surface area contributed by atoms with Crippen molar-refractivity contribution in [2.45, 2.75) is 32.5 Å². The molecular weight excluding hydrogens is 132 g/mol. The Morgan fingerprint density at radius 3 is 1.60 bits per heavy atom. The summed E-state index contributed by atoms with van der Waals surface area (Å²) < 4.78 is 0. The first kappa shape index (κ1) is 12.5. The molecule has 0 aromatic rings. The Morgan fingerprint density at radius 2 is 1.60 bits per heavy atom. The van der Waals surface area contributed by atoms with E-state index in [0.29, 0.717) is 0 Å². The predicted octanol–water partition coefficient (Wildman–Crippen LogP) is -1.00. The topological polar surface area (TPSA) is 92.5 Å². The lowest BCUT2D eigenvalue weighted by Gasteiger charge is -1.92. The molecule has 0 aromatic carbocycles. The van der Waals surface area contributed by atoms with Crippen LogP contribution in [0.25, 0.3) is 0 Å². The Bertz CT molecular complexity index is 49.7. The monoisotopic (exact) mass is 150 g/mol. The van der Waals surface area contributed by atoms with Gasteiger partial charge in [0.1, 0.15) is 0 Å². The second kappa shape index (κ2) is 8.84. The Balaban J connectivity index is 0. The van der Waals surface area contributed by atoms with Crippen LogP contribution in [0.3, 0.4) is 0 Å². The first-order valence-electron chi connectivity index (χ1n) is 3.34. The summed E-state index contributed by atoms with van der Waals surface area (Å²) >= 11 is 0. The predicted molar refractivity (Wildman–Crippen MR) is 41.2 cm³/mol. The van der Waals surface area contributed by atoms with Gasteiger partial charge in [0.2, 0.25) is 0 Å². The molecule has 0 rings (SSSR count). The summed E-state index contributed by atoms with van der Waals surface area (Å²) in [5.41, 5.74) is 10.1. The zero-order chi connectivity index (χ0) is 8.57. The van der Waals surface area contributed by atoms with Gasteiger partial charge in [-0.25, -0.2) is 0 Å². The van der Waals surface area contributed by atoms with Crippen molar-refractivity contribution in [3.63, 3.8) is 0 Å². The van der Waals surface area contributed by atoms with E-state index >= 15 is 0 Å². The quantitative estimate of drug-likeness (QED) is 0.380. The molecule has 0 saturated heterocycles. The maximum atomic E-state index is 8.11. The highest BCUT2D eigenvalue weighted by atomic mass is 16.3. The summed E-state index contributed by atoms with van der Waals surface area (Å²) in [6, 6.07) is 0. The normalized spacial score (nSPS) is 12.3. The summed E-state index contributed by atoms with van der Waals surface area (Å²) in [7, 11) is 0. The summed E-state index contributed by atoms with van der Waals surface area (Å²) in [6.07, 6.45) is 0.185. The van der Waals surface area contributed by atoms with Gasteiger partial charge in [-0.05, 0) is 13.3 Å². The average Bonchev–Trinajstić information content (AvgIpc) is 1.89. The maximum Gasteiger partial charge on any atom is 0.0742 e. The minimum atomic E-state index is -0.560. The highest BCUT2D eigenvalue weighted by molar-refractivity contribution is 4.40. The average molecular weight is 150 g/mol. The lowest BCUT2D eigenvalue weighted by molar-refractivity contribution is 0.110. The molecule has 0 spiro atoms. The van der Waals surface area contributed by atoms with E-state index in [4.69, 9.17) is 21.7 Å². The fraction of sp³-hybridized carbons (Fsp3) is 1.00. The zero-order valence-corrected chi connectivity index (χ0v) is 6.62. The van der Waals surface area contributed by atoms with Crippen molar-refractivity contribution >= 4 is 0 Å². The molecule has 4 nitrogen and oxygen atoms in total. The first-order chi connectivity index (χ1) is 4.54. The van der Waals surface area contributed by atoms with Gasteiger partial charge in [0, 0.05) is 0 Å². The van der Waals surface area contributed by atoms with Gasteiger partial charge in [-0.15, -0.1) is 0 Å². The molecule has 0 heterocycles. The molecule has 0 aliphatic heterocycles. The van der Waals surface area contributed by atoms with Crippen LogP contribution >= 0.6 is 0 Å². The van der Waals surface area contributed by atoms with Gasteiger partial charge in [0.05, 0.1) is 18.9 Å². The molecule has 0 aliphatic rings. The summed E-state index contributed by atoms with van der Waals surface area (Å²) in [5, 5.41) is 16.0. The fourth-order valence-corrected chi connectivity index (χ4v) is 0.